The Kier molecular flexibility index (Phi) is 6.59. The average molecular weight is 455 g/mol. The van der Waals surface area contributed by atoms with Gasteiger partial charge in [-0.25, -0.2) is 4.99 Å². The van der Waals surface area contributed by atoms with Gasteiger partial charge in [0, 0.05) is 17.6 Å². The molecule has 0 radical (unpaired) electrons. The maximum absolute atomic E-state index is 13.1. The highest BCUT2D eigenvalue weighted by Crippen LogP contribution is 2.40. The van der Waals surface area contributed by atoms with Crippen molar-refractivity contribution < 1.29 is 14.6 Å². The lowest BCUT2D eigenvalue weighted by atomic mass is 9.95. The van der Waals surface area contributed by atoms with Crippen molar-refractivity contribution in [2.75, 3.05) is 7.11 Å². The number of hydrogen-bond acceptors (Lipinski definition) is 5. The Labute approximate surface area is 190 Å². The van der Waals surface area contributed by atoms with Gasteiger partial charge in [0.25, 0.3) is 5.91 Å². The molecule has 0 aliphatic heterocycles. The van der Waals surface area contributed by atoms with Crippen molar-refractivity contribution >= 4 is 40.1 Å². The molecule has 160 valence electrons. The molecule has 0 saturated carbocycles. The summed E-state index contributed by atoms with van der Waals surface area (Å²) in [6.07, 6.45) is 5.74. The van der Waals surface area contributed by atoms with Crippen LogP contribution >= 0.6 is 22.9 Å². The number of carbonyl (C=O) groups excluding carboxylic acids is 1. The molecule has 1 aliphatic carbocycles. The van der Waals surface area contributed by atoms with E-state index in [2.05, 4.69) is 10.3 Å². The SMILES string of the molecule is COc1cc(C=Nc2sc3c(c2C(=O)NCc2ccccc2)CCCC3)cc(Cl)c1O. The smallest absolute Gasteiger partial charge is 0.254 e. The number of halogens is 1. The molecule has 7 heteroatoms. The zero-order valence-electron chi connectivity index (χ0n) is 17.2. The van der Waals surface area contributed by atoms with Gasteiger partial charge in [-0.05, 0) is 54.5 Å². The minimum Gasteiger partial charge on any atom is -0.503 e. The highest BCUT2D eigenvalue weighted by atomic mass is 35.5. The summed E-state index contributed by atoms with van der Waals surface area (Å²) in [5, 5.41) is 13.9. The molecule has 0 spiro atoms. The topological polar surface area (TPSA) is 70.9 Å². The summed E-state index contributed by atoms with van der Waals surface area (Å²) in [6, 6.07) is 13.1. The van der Waals surface area contributed by atoms with Gasteiger partial charge < -0.3 is 15.2 Å². The summed E-state index contributed by atoms with van der Waals surface area (Å²) in [5.41, 5.74) is 3.52. The number of hydrogen-bond donors (Lipinski definition) is 2. The number of nitrogens with zero attached hydrogens (tertiary/aromatic N) is 1. The molecule has 3 aromatic rings. The number of carbonyl (C=O) groups is 1. The zero-order chi connectivity index (χ0) is 21.8. The molecule has 1 aromatic heterocycles. The average Bonchev–Trinajstić information content (AvgIpc) is 3.17. The summed E-state index contributed by atoms with van der Waals surface area (Å²) in [6.45, 7) is 0.470. The largest absolute Gasteiger partial charge is 0.503 e. The number of amides is 1. The Morgan fingerprint density at radius 3 is 2.81 bits per heavy atom. The summed E-state index contributed by atoms with van der Waals surface area (Å²) >= 11 is 7.67. The summed E-state index contributed by atoms with van der Waals surface area (Å²) in [5.74, 6) is 0.0749. The molecular weight excluding hydrogens is 432 g/mol. The Morgan fingerprint density at radius 1 is 1.26 bits per heavy atom. The van der Waals surface area contributed by atoms with Gasteiger partial charge in [-0.3, -0.25) is 4.79 Å². The van der Waals surface area contributed by atoms with Crippen LogP contribution in [-0.2, 0) is 19.4 Å². The fourth-order valence-corrected chi connectivity index (χ4v) is 5.15. The number of rotatable bonds is 6. The predicted molar refractivity (Wildman–Crippen MR) is 125 cm³/mol. The second-order valence-electron chi connectivity index (χ2n) is 7.37. The number of aryl methyl sites for hydroxylation is 1. The molecule has 0 saturated heterocycles. The van der Waals surface area contributed by atoms with Crippen molar-refractivity contribution in [3.05, 3.63) is 74.6 Å². The van der Waals surface area contributed by atoms with Gasteiger partial charge >= 0.3 is 0 Å². The number of nitrogens with one attached hydrogen (secondary N) is 1. The summed E-state index contributed by atoms with van der Waals surface area (Å²) in [7, 11) is 1.47. The highest BCUT2D eigenvalue weighted by molar-refractivity contribution is 7.16. The van der Waals surface area contributed by atoms with Crippen molar-refractivity contribution in [2.24, 2.45) is 4.99 Å². The Bertz CT molecular complexity index is 1130. The number of phenols is 1. The van der Waals surface area contributed by atoms with Gasteiger partial charge in [-0.1, -0.05) is 41.9 Å². The number of phenolic OH excluding ortho intramolecular Hbond substituents is 1. The van der Waals surface area contributed by atoms with Gasteiger partial charge in [0.1, 0.15) is 5.00 Å². The van der Waals surface area contributed by atoms with E-state index in [0.717, 1.165) is 36.8 Å². The van der Waals surface area contributed by atoms with Gasteiger partial charge in [0.15, 0.2) is 11.5 Å². The molecule has 2 aromatic carbocycles. The van der Waals surface area contributed by atoms with E-state index in [0.29, 0.717) is 22.7 Å². The predicted octanol–water partition coefficient (Wildman–Crippen LogP) is 5.68. The first kappa shape index (κ1) is 21.4. The molecule has 4 rings (SSSR count). The van der Waals surface area contributed by atoms with E-state index >= 15 is 0 Å². The first-order valence-corrected chi connectivity index (χ1v) is 11.3. The first-order chi connectivity index (χ1) is 15.1. The van der Waals surface area contributed by atoms with Crippen LogP contribution in [0.3, 0.4) is 0 Å². The molecule has 5 nitrogen and oxygen atoms in total. The van der Waals surface area contributed by atoms with Gasteiger partial charge in [-0.2, -0.15) is 0 Å². The fourth-order valence-electron chi connectivity index (χ4n) is 3.70. The van der Waals surface area contributed by atoms with E-state index in [9.17, 15) is 9.90 Å². The molecule has 31 heavy (non-hydrogen) atoms. The standard InChI is InChI=1S/C24H23ClN2O3S/c1-30-19-12-16(11-18(25)22(19)28)14-27-24-21(17-9-5-6-10-20(17)31-24)23(29)26-13-15-7-3-2-4-8-15/h2-4,7-8,11-12,14,28H,5-6,9-10,13H2,1H3,(H,26,29). The van der Waals surface area contributed by atoms with Crippen LogP contribution in [0.25, 0.3) is 0 Å². The number of fused-ring (bicyclic) bond motifs is 1. The minimum absolute atomic E-state index is 0.100. The van der Waals surface area contributed by atoms with Crippen LogP contribution < -0.4 is 10.1 Å². The molecule has 1 heterocycles. The monoisotopic (exact) mass is 454 g/mol. The maximum Gasteiger partial charge on any atom is 0.254 e. The van der Waals surface area contributed by atoms with Crippen molar-refractivity contribution in [3.8, 4) is 11.5 Å². The van der Waals surface area contributed by atoms with Crippen molar-refractivity contribution in [1.82, 2.24) is 5.32 Å². The lowest BCUT2D eigenvalue weighted by Crippen LogP contribution is -2.24. The molecule has 1 aliphatic rings. The maximum atomic E-state index is 13.1. The van der Waals surface area contributed by atoms with Crippen LogP contribution in [0, 0.1) is 0 Å². The van der Waals surface area contributed by atoms with Crippen LogP contribution in [0.2, 0.25) is 5.02 Å². The fraction of sp³-hybridized carbons (Fsp3) is 0.250. The Morgan fingerprint density at radius 2 is 2.03 bits per heavy atom. The van der Waals surface area contributed by atoms with Crippen LogP contribution in [0.15, 0.2) is 47.5 Å². The molecule has 0 fully saturated rings. The van der Waals surface area contributed by atoms with Gasteiger partial charge in [0.2, 0.25) is 0 Å². The number of ether oxygens (including phenoxy) is 1. The molecule has 0 atom stereocenters. The first-order valence-electron chi connectivity index (χ1n) is 10.1. The summed E-state index contributed by atoms with van der Waals surface area (Å²) in [4.78, 5) is 19.0. The van der Waals surface area contributed by atoms with Gasteiger partial charge in [-0.15, -0.1) is 11.3 Å². The van der Waals surface area contributed by atoms with E-state index in [1.807, 2.05) is 30.3 Å². The number of methoxy groups -OCH3 is 1. The third kappa shape index (κ3) is 4.75. The zero-order valence-corrected chi connectivity index (χ0v) is 18.7. The number of aliphatic imine (C=N–C) groups is 1. The lowest BCUT2D eigenvalue weighted by Gasteiger charge is -2.12. The van der Waals surface area contributed by atoms with E-state index < -0.39 is 0 Å². The third-order valence-corrected chi connectivity index (χ3v) is 6.77. The normalized spacial score (nSPS) is 13.2. The van der Waals surface area contributed by atoms with E-state index in [1.165, 1.54) is 12.0 Å². The Balaban J connectivity index is 1.63. The second-order valence-corrected chi connectivity index (χ2v) is 8.86. The van der Waals surface area contributed by atoms with E-state index in [1.54, 1.807) is 29.7 Å². The molecule has 0 bridgehead atoms. The number of aromatic hydroxyl groups is 1. The summed E-state index contributed by atoms with van der Waals surface area (Å²) < 4.78 is 5.16. The molecule has 2 N–H and O–H groups in total. The third-order valence-electron chi connectivity index (χ3n) is 5.28. The number of benzene rings is 2. The van der Waals surface area contributed by atoms with Crippen molar-refractivity contribution in [2.45, 2.75) is 32.2 Å². The lowest BCUT2D eigenvalue weighted by molar-refractivity contribution is 0.0951. The van der Waals surface area contributed by atoms with Crippen LogP contribution in [0.4, 0.5) is 5.00 Å². The quantitative estimate of drug-likeness (QED) is 0.471. The Hall–Kier alpha value is -2.83. The van der Waals surface area contributed by atoms with Crippen LogP contribution in [0.5, 0.6) is 11.5 Å². The number of thiophene rings is 1. The minimum atomic E-state index is -0.103. The molecule has 0 unspecified atom stereocenters. The van der Waals surface area contributed by atoms with E-state index in [4.69, 9.17) is 16.3 Å². The van der Waals surface area contributed by atoms with Crippen LogP contribution in [-0.4, -0.2) is 24.3 Å². The van der Waals surface area contributed by atoms with Gasteiger partial charge in [0.05, 0.1) is 17.7 Å². The van der Waals surface area contributed by atoms with Crippen LogP contribution in [0.1, 0.15) is 44.8 Å². The van der Waals surface area contributed by atoms with E-state index in [-0.39, 0.29) is 22.4 Å². The molecular formula is C24H23ClN2O3S. The highest BCUT2D eigenvalue weighted by Gasteiger charge is 2.25. The van der Waals surface area contributed by atoms with Crippen molar-refractivity contribution in [3.63, 3.8) is 0 Å². The molecule has 1 amide bonds. The second kappa shape index (κ2) is 9.54. The van der Waals surface area contributed by atoms with Crippen molar-refractivity contribution in [1.29, 1.82) is 0 Å².